The molecule has 1 aromatic carbocycles. The van der Waals surface area contributed by atoms with Gasteiger partial charge in [-0.3, -0.25) is 23.3 Å². The molecule has 2 aromatic rings. The van der Waals surface area contributed by atoms with Crippen molar-refractivity contribution in [3.05, 3.63) is 41.7 Å². The number of carboxylic acids is 2. The second-order valence-electron chi connectivity index (χ2n) is 9.54. The van der Waals surface area contributed by atoms with Gasteiger partial charge in [0.15, 0.2) is 0 Å². The highest BCUT2D eigenvalue weighted by Crippen LogP contribution is 2.45. The number of amides is 1. The summed E-state index contributed by atoms with van der Waals surface area (Å²) in [5.74, 6) is -4.04. The van der Waals surface area contributed by atoms with Crippen molar-refractivity contribution in [3.8, 4) is 5.69 Å². The summed E-state index contributed by atoms with van der Waals surface area (Å²) >= 11 is 0. The lowest BCUT2D eigenvalue weighted by Crippen LogP contribution is -2.38. The number of carbonyl (C=O) groups excluding carboxylic acids is 1. The third-order valence-corrected chi connectivity index (χ3v) is 8.08. The number of alkyl halides is 1. The summed E-state index contributed by atoms with van der Waals surface area (Å²) in [7, 11) is -4.33. The number of para-hydroxylation sites is 1. The molecule has 14 heteroatoms. The molecule has 3 atom stereocenters. The minimum absolute atomic E-state index is 0.143. The zero-order valence-electron chi connectivity index (χ0n) is 21.5. The molecule has 0 spiro atoms. The van der Waals surface area contributed by atoms with Gasteiger partial charge in [0, 0.05) is 19.4 Å². The zero-order valence-corrected chi connectivity index (χ0v) is 22.4. The lowest BCUT2D eigenvalue weighted by molar-refractivity contribution is -0.142. The van der Waals surface area contributed by atoms with Crippen molar-refractivity contribution >= 4 is 25.4 Å². The molecule has 1 aliphatic rings. The van der Waals surface area contributed by atoms with Crippen LogP contribution in [0.4, 0.5) is 4.39 Å². The number of nitrogens with zero attached hydrogens (tertiary/aromatic N) is 4. The molecule has 3 rings (SSSR count). The van der Waals surface area contributed by atoms with Gasteiger partial charge in [-0.1, -0.05) is 23.4 Å². The largest absolute Gasteiger partial charge is 0.481 e. The minimum Gasteiger partial charge on any atom is -0.481 e. The maximum Gasteiger partial charge on any atom is 0.329 e. The van der Waals surface area contributed by atoms with Crippen molar-refractivity contribution < 1.29 is 43.0 Å². The first kappa shape index (κ1) is 30.4. The van der Waals surface area contributed by atoms with Crippen LogP contribution in [-0.4, -0.2) is 84.9 Å². The number of aromatic nitrogens is 3. The maximum absolute atomic E-state index is 13.1. The van der Waals surface area contributed by atoms with Gasteiger partial charge in [-0.2, -0.15) is 0 Å². The van der Waals surface area contributed by atoms with Crippen LogP contribution in [-0.2, 0) is 36.3 Å². The molecule has 1 aromatic heterocycles. The number of carbonyl (C=O) groups is 3. The lowest BCUT2D eigenvalue weighted by Gasteiger charge is -2.26. The quantitative estimate of drug-likeness (QED) is 0.256. The SMILES string of the molecule is O=C(O)CCC(CP(=O)(O)OCC1CCCN1C(=O)CCc1ccccc1-n1cc(CCCF)nn1)C(=O)O. The molecule has 0 bridgehead atoms. The topological polar surface area (TPSA) is 172 Å². The summed E-state index contributed by atoms with van der Waals surface area (Å²) in [6.07, 6.45) is 3.03. The van der Waals surface area contributed by atoms with Crippen molar-refractivity contribution in [2.24, 2.45) is 5.92 Å². The van der Waals surface area contributed by atoms with Gasteiger partial charge in [0.05, 0.1) is 49.0 Å². The predicted octanol–water partition coefficient (Wildman–Crippen LogP) is 2.86. The van der Waals surface area contributed by atoms with E-state index >= 15 is 0 Å². The van der Waals surface area contributed by atoms with Gasteiger partial charge in [0.1, 0.15) is 0 Å². The number of rotatable bonds is 16. The molecule has 39 heavy (non-hydrogen) atoms. The Hall–Kier alpha value is -3.15. The van der Waals surface area contributed by atoms with Crippen molar-refractivity contribution in [3.63, 3.8) is 0 Å². The summed E-state index contributed by atoms with van der Waals surface area (Å²) in [5.41, 5.74) is 2.32. The predicted molar refractivity (Wildman–Crippen MR) is 137 cm³/mol. The van der Waals surface area contributed by atoms with Crippen molar-refractivity contribution in [1.82, 2.24) is 19.9 Å². The second kappa shape index (κ2) is 14.3. The van der Waals surface area contributed by atoms with Crippen LogP contribution in [0.15, 0.2) is 30.5 Å². The Morgan fingerprint density at radius 3 is 2.67 bits per heavy atom. The first-order chi connectivity index (χ1) is 18.6. The number of hydrogen-bond acceptors (Lipinski definition) is 7. The molecule has 3 N–H and O–H groups in total. The van der Waals surface area contributed by atoms with Gasteiger partial charge in [-0.25, -0.2) is 4.68 Å². The van der Waals surface area contributed by atoms with Crippen LogP contribution in [0.2, 0.25) is 0 Å². The number of aliphatic carboxylic acids is 2. The molecule has 1 amide bonds. The van der Waals surface area contributed by atoms with E-state index in [4.69, 9.17) is 9.63 Å². The fraction of sp³-hybridized carbons (Fsp3) is 0.560. The lowest BCUT2D eigenvalue weighted by atomic mass is 10.1. The van der Waals surface area contributed by atoms with Crippen LogP contribution in [0.5, 0.6) is 0 Å². The second-order valence-corrected chi connectivity index (χ2v) is 11.4. The molecule has 1 aliphatic heterocycles. The Morgan fingerprint density at radius 2 is 1.95 bits per heavy atom. The van der Waals surface area contributed by atoms with Crippen LogP contribution < -0.4 is 0 Å². The first-order valence-electron chi connectivity index (χ1n) is 12.9. The van der Waals surface area contributed by atoms with Gasteiger partial charge < -0.3 is 24.5 Å². The molecule has 0 aliphatic carbocycles. The summed E-state index contributed by atoms with van der Waals surface area (Å²) in [5, 5.41) is 26.3. The van der Waals surface area contributed by atoms with E-state index in [-0.39, 0.29) is 25.4 Å². The van der Waals surface area contributed by atoms with E-state index in [1.807, 2.05) is 24.3 Å². The molecule has 1 saturated heterocycles. The van der Waals surface area contributed by atoms with Gasteiger partial charge >= 0.3 is 19.5 Å². The van der Waals surface area contributed by atoms with Gasteiger partial charge in [0.2, 0.25) is 5.91 Å². The number of carboxylic acid groups (broad SMARTS) is 2. The molecule has 214 valence electrons. The Bertz CT molecular complexity index is 1190. The highest BCUT2D eigenvalue weighted by molar-refractivity contribution is 7.52. The van der Waals surface area contributed by atoms with Crippen LogP contribution in [0.25, 0.3) is 5.69 Å². The highest BCUT2D eigenvalue weighted by Gasteiger charge is 2.34. The highest BCUT2D eigenvalue weighted by atomic mass is 31.2. The van der Waals surface area contributed by atoms with E-state index in [2.05, 4.69) is 10.3 Å². The van der Waals surface area contributed by atoms with Crippen LogP contribution in [0, 0.1) is 5.92 Å². The summed E-state index contributed by atoms with van der Waals surface area (Å²) in [4.78, 5) is 47.0. The minimum atomic E-state index is -4.33. The number of hydrogen-bond donors (Lipinski definition) is 3. The fourth-order valence-electron chi connectivity index (χ4n) is 4.57. The average molecular weight is 569 g/mol. The van der Waals surface area contributed by atoms with Gasteiger partial charge in [-0.15, -0.1) is 5.10 Å². The Morgan fingerprint density at radius 1 is 1.18 bits per heavy atom. The Labute approximate surface area is 225 Å². The summed E-state index contributed by atoms with van der Waals surface area (Å²) in [6, 6.07) is 7.03. The van der Waals surface area contributed by atoms with Crippen LogP contribution >= 0.6 is 7.60 Å². The van der Waals surface area contributed by atoms with Gasteiger partial charge in [-0.05, 0) is 50.2 Å². The normalized spacial score (nSPS) is 17.6. The van der Waals surface area contributed by atoms with Crippen LogP contribution in [0.3, 0.4) is 0 Å². The number of halogens is 1. The number of aryl methyl sites for hydroxylation is 2. The van der Waals surface area contributed by atoms with Gasteiger partial charge in [0.25, 0.3) is 0 Å². The molecule has 3 unspecified atom stereocenters. The molecular formula is C25H34FN4O8P. The molecule has 2 heterocycles. The van der Waals surface area contributed by atoms with E-state index < -0.39 is 50.8 Å². The van der Waals surface area contributed by atoms with E-state index in [9.17, 15) is 33.3 Å². The molecule has 12 nitrogen and oxygen atoms in total. The average Bonchev–Trinajstić information content (AvgIpc) is 3.57. The van der Waals surface area contributed by atoms with Crippen LogP contribution in [0.1, 0.15) is 49.8 Å². The maximum atomic E-state index is 13.1. The molecule has 0 radical (unpaired) electrons. The van der Waals surface area contributed by atoms with Crippen molar-refractivity contribution in [1.29, 1.82) is 0 Å². The molecule has 1 fully saturated rings. The van der Waals surface area contributed by atoms with E-state index in [0.29, 0.717) is 44.3 Å². The van der Waals surface area contributed by atoms with Crippen molar-refractivity contribution in [2.75, 3.05) is 26.0 Å². The summed E-state index contributed by atoms with van der Waals surface area (Å²) < 4.78 is 31.8. The number of benzene rings is 1. The molecular weight excluding hydrogens is 534 g/mol. The third kappa shape index (κ3) is 9.22. The first-order valence-corrected chi connectivity index (χ1v) is 14.6. The standard InChI is InChI=1S/C25H34FN4O8P/c26-13-3-6-20-15-30(28-27-20)22-8-2-1-5-18(22)9-11-23(31)29-14-4-7-21(29)16-38-39(36,37)17-19(25(34)35)10-12-24(32)33/h1-2,5,8,15,19,21H,3-4,6-7,9-14,16-17H2,(H,32,33)(H,34,35)(H,36,37). The Kier molecular flexibility index (Phi) is 11.1. The van der Waals surface area contributed by atoms with E-state index in [1.165, 1.54) is 0 Å². The monoisotopic (exact) mass is 568 g/mol. The summed E-state index contributed by atoms with van der Waals surface area (Å²) in [6.45, 7) is -0.177. The van der Waals surface area contributed by atoms with E-state index in [0.717, 1.165) is 11.3 Å². The molecule has 0 saturated carbocycles. The smallest absolute Gasteiger partial charge is 0.329 e. The van der Waals surface area contributed by atoms with E-state index in [1.54, 1.807) is 15.8 Å². The third-order valence-electron chi connectivity index (χ3n) is 6.63. The van der Waals surface area contributed by atoms with Crippen molar-refractivity contribution in [2.45, 2.75) is 57.4 Å². The number of likely N-dealkylation sites (tertiary alicyclic amines) is 1. The zero-order chi connectivity index (χ0) is 28.4. The Balaban J connectivity index is 1.56. The fourth-order valence-corrected chi connectivity index (χ4v) is 5.98.